The fraction of sp³-hybridized carbons (Fsp3) is 0.750. The van der Waals surface area contributed by atoms with E-state index in [0.29, 0.717) is 0 Å². The summed E-state index contributed by atoms with van der Waals surface area (Å²) in [5, 5.41) is 16.1. The summed E-state index contributed by atoms with van der Waals surface area (Å²) in [4.78, 5) is 0. The summed E-state index contributed by atoms with van der Waals surface area (Å²) in [6.07, 6.45) is 3.10. The summed E-state index contributed by atoms with van der Waals surface area (Å²) in [5.41, 5.74) is 4.39. The van der Waals surface area contributed by atoms with Gasteiger partial charge in [0.15, 0.2) is 0 Å². The van der Waals surface area contributed by atoms with Crippen LogP contribution in [0.3, 0.4) is 0 Å². The third-order valence-corrected chi connectivity index (χ3v) is 2.56. The van der Waals surface area contributed by atoms with Crippen LogP contribution >= 0.6 is 12.4 Å². The van der Waals surface area contributed by atoms with E-state index in [2.05, 4.69) is 40.7 Å². The van der Waals surface area contributed by atoms with Crippen molar-refractivity contribution < 1.29 is 36.1 Å². The van der Waals surface area contributed by atoms with Gasteiger partial charge in [0.05, 0.1) is 0 Å². The molecule has 0 spiro atoms. The second-order valence-electron chi connectivity index (χ2n) is 5.81. The second kappa shape index (κ2) is 13.2. The van der Waals surface area contributed by atoms with Gasteiger partial charge in [0, 0.05) is 38.1 Å². The van der Waals surface area contributed by atoms with Crippen LogP contribution in [-0.4, -0.2) is 22.4 Å². The molecule has 0 atom stereocenters. The van der Waals surface area contributed by atoms with Gasteiger partial charge in [-0.2, -0.15) is 11.1 Å². The molecular weight excluding hydrogens is 438 g/mol. The molecule has 0 unspecified atom stereocenters. The van der Waals surface area contributed by atoms with Crippen molar-refractivity contribution in [3.05, 3.63) is 22.8 Å². The molecule has 1 rings (SSSR count). The average molecular weight is 470 g/mol. The molecule has 2 N–H and O–H groups in total. The van der Waals surface area contributed by atoms with Gasteiger partial charge in [-0.3, -0.25) is 6.08 Å². The van der Waals surface area contributed by atoms with Crippen molar-refractivity contribution in [2.24, 2.45) is 5.41 Å². The van der Waals surface area contributed by atoms with Gasteiger partial charge in [-0.25, -0.2) is 5.57 Å². The Kier molecular flexibility index (Phi) is 19.0. The molecule has 20 heavy (non-hydrogen) atoms. The van der Waals surface area contributed by atoms with E-state index < -0.39 is 0 Å². The number of allylic oxidation sites excluding steroid dienone is 4. The minimum absolute atomic E-state index is 0. The van der Waals surface area contributed by atoms with Crippen LogP contribution in [0.4, 0.5) is 0 Å². The summed E-state index contributed by atoms with van der Waals surface area (Å²) in [6.45, 7) is 17.8. The Bertz CT molecular complexity index is 294. The van der Waals surface area contributed by atoms with Crippen molar-refractivity contribution in [1.82, 2.24) is 0 Å². The van der Waals surface area contributed by atoms with Crippen molar-refractivity contribution >= 4 is 12.4 Å². The van der Waals surface area contributed by atoms with Gasteiger partial charge in [-0.05, 0) is 27.7 Å². The molecule has 0 radical (unpaired) electrons. The minimum atomic E-state index is -0.167. The minimum Gasteiger partial charge on any atom is -0.394 e. The van der Waals surface area contributed by atoms with Gasteiger partial charge < -0.3 is 10.2 Å². The summed E-state index contributed by atoms with van der Waals surface area (Å²) < 4.78 is 0. The van der Waals surface area contributed by atoms with Crippen LogP contribution in [0, 0.1) is 11.5 Å². The van der Waals surface area contributed by atoms with E-state index in [1.54, 1.807) is 27.7 Å². The Morgan fingerprint density at radius 2 is 1.15 bits per heavy atom. The number of halogens is 1. The zero-order valence-corrected chi connectivity index (χ0v) is 18.9. The van der Waals surface area contributed by atoms with E-state index in [1.165, 1.54) is 16.7 Å². The van der Waals surface area contributed by atoms with E-state index in [-0.39, 0.29) is 55.9 Å². The Labute approximate surface area is 150 Å². The Morgan fingerprint density at radius 3 is 1.20 bits per heavy atom. The first kappa shape index (κ1) is 28.7. The maximum Gasteiger partial charge on any atom is 0.0483 e. The van der Waals surface area contributed by atoms with Crippen molar-refractivity contribution in [2.45, 2.75) is 74.5 Å². The van der Waals surface area contributed by atoms with Gasteiger partial charge in [0.2, 0.25) is 0 Å². The Hall–Kier alpha value is 0.560. The molecule has 0 saturated heterocycles. The molecule has 0 aliphatic heterocycles. The van der Waals surface area contributed by atoms with Gasteiger partial charge >= 0.3 is 0 Å². The van der Waals surface area contributed by atoms with Crippen molar-refractivity contribution in [3.63, 3.8) is 0 Å². The molecule has 0 aromatic heterocycles. The topological polar surface area (TPSA) is 40.5 Å². The van der Waals surface area contributed by atoms with Crippen LogP contribution in [-0.2, 0) is 25.8 Å². The summed E-state index contributed by atoms with van der Waals surface area (Å²) in [7, 11) is 0. The first-order chi connectivity index (χ1) is 7.91. The molecule has 2 nitrogen and oxygen atoms in total. The smallest absolute Gasteiger partial charge is 0.0483 e. The van der Waals surface area contributed by atoms with Crippen LogP contribution in [0.15, 0.2) is 16.7 Å². The van der Waals surface area contributed by atoms with Gasteiger partial charge in [-0.1, -0.05) is 33.1 Å². The first-order valence-corrected chi connectivity index (χ1v) is 6.58. The quantitative estimate of drug-likeness (QED) is 0.410. The molecule has 0 saturated carbocycles. The standard InChI is InChI=1S/C10H15.2C3H8O.ClH.Hf/c1-7-6-10(4,5)9(3)8(7)2;2*1-3(2)4;;/h1-5H3;2*3-4H,1-2H3;1H;/q-1;;;;. The first-order valence-electron chi connectivity index (χ1n) is 6.58. The van der Waals surface area contributed by atoms with Crippen LogP contribution < -0.4 is 0 Å². The van der Waals surface area contributed by atoms with Gasteiger partial charge in [0.1, 0.15) is 0 Å². The zero-order chi connectivity index (χ0) is 15.1. The van der Waals surface area contributed by atoms with Crippen molar-refractivity contribution in [2.75, 3.05) is 0 Å². The van der Waals surface area contributed by atoms with Gasteiger partial charge in [-0.15, -0.1) is 19.3 Å². The summed E-state index contributed by atoms with van der Waals surface area (Å²) in [6, 6.07) is 0. The Balaban J connectivity index is -0.000000110. The van der Waals surface area contributed by atoms with E-state index in [1.807, 2.05) is 0 Å². The Morgan fingerprint density at radius 1 is 0.900 bits per heavy atom. The molecule has 1 aliphatic rings. The number of rotatable bonds is 0. The molecule has 4 heteroatoms. The van der Waals surface area contributed by atoms with Gasteiger partial charge in [0.25, 0.3) is 0 Å². The normalized spacial score (nSPS) is 15.3. The predicted octanol–water partition coefficient (Wildman–Crippen LogP) is 4.31. The van der Waals surface area contributed by atoms with Crippen molar-refractivity contribution in [3.8, 4) is 0 Å². The van der Waals surface area contributed by atoms with Crippen LogP contribution in [0.2, 0.25) is 0 Å². The van der Waals surface area contributed by atoms with E-state index >= 15 is 0 Å². The van der Waals surface area contributed by atoms with E-state index in [9.17, 15) is 0 Å². The average Bonchev–Trinajstić information content (AvgIpc) is 2.27. The fourth-order valence-corrected chi connectivity index (χ4v) is 1.41. The largest absolute Gasteiger partial charge is 0.394 e. The van der Waals surface area contributed by atoms with E-state index in [0.717, 1.165) is 0 Å². The van der Waals surface area contributed by atoms with E-state index in [4.69, 9.17) is 10.2 Å². The number of hydrogen-bond donors (Lipinski definition) is 2. The number of aliphatic hydroxyl groups is 2. The predicted molar refractivity (Wildman–Crippen MR) is 86.5 cm³/mol. The number of hydrogen-bond acceptors (Lipinski definition) is 2. The summed E-state index contributed by atoms with van der Waals surface area (Å²) >= 11 is 0. The monoisotopic (exact) mass is 471 g/mol. The fourth-order valence-electron chi connectivity index (χ4n) is 1.41. The van der Waals surface area contributed by atoms with Crippen LogP contribution in [0.5, 0.6) is 0 Å². The molecule has 0 amide bonds. The maximum atomic E-state index is 8.06. The molecule has 0 heterocycles. The third kappa shape index (κ3) is 15.0. The SMILES string of the molecule is CC(C)O.CC(C)O.CC1=[C-]C(C)(C)C(C)=C1C.Cl.[Hf]. The number of aliphatic hydroxyl groups excluding tert-OH is 2. The molecule has 0 bridgehead atoms. The molecule has 0 aromatic carbocycles. The summed E-state index contributed by atoms with van der Waals surface area (Å²) in [5.74, 6) is 0. The van der Waals surface area contributed by atoms with Crippen LogP contribution in [0.25, 0.3) is 0 Å². The second-order valence-corrected chi connectivity index (χ2v) is 5.81. The van der Waals surface area contributed by atoms with Crippen LogP contribution in [0.1, 0.15) is 62.3 Å². The maximum absolute atomic E-state index is 8.06. The third-order valence-electron chi connectivity index (χ3n) is 2.56. The molecule has 0 aromatic rings. The van der Waals surface area contributed by atoms with Crippen molar-refractivity contribution in [1.29, 1.82) is 0 Å². The molecule has 120 valence electrons. The molecule has 1 aliphatic carbocycles. The zero-order valence-electron chi connectivity index (χ0n) is 14.5. The molecule has 0 fully saturated rings. The molecular formula is C16H32ClHfO2-.